The molecule has 112 valence electrons. The largest absolute Gasteiger partial charge is 0.377 e. The maximum Gasteiger partial charge on any atom is 0.0972 e. The zero-order valence-electron chi connectivity index (χ0n) is 12.9. The topological polar surface area (TPSA) is 47.7 Å². The molecular weight excluding hydrogens is 252 g/mol. The van der Waals surface area contributed by atoms with Crippen molar-refractivity contribution in [2.75, 3.05) is 33.9 Å². The summed E-state index contributed by atoms with van der Waals surface area (Å²) in [4.78, 5) is 2.38. The van der Waals surface area contributed by atoms with E-state index in [1.165, 1.54) is 16.7 Å². The van der Waals surface area contributed by atoms with E-state index in [1.807, 2.05) is 0 Å². The fourth-order valence-corrected chi connectivity index (χ4v) is 3.15. The molecule has 4 nitrogen and oxygen atoms in total. The summed E-state index contributed by atoms with van der Waals surface area (Å²) < 4.78 is 11.0. The maximum atomic E-state index is 6.04. The van der Waals surface area contributed by atoms with Crippen LogP contribution >= 0.6 is 0 Å². The average molecular weight is 278 g/mol. The van der Waals surface area contributed by atoms with Gasteiger partial charge in [-0.2, -0.15) is 0 Å². The van der Waals surface area contributed by atoms with Crippen molar-refractivity contribution < 1.29 is 9.47 Å². The molecule has 1 aliphatic heterocycles. The number of rotatable bonds is 5. The monoisotopic (exact) mass is 278 g/mol. The zero-order chi connectivity index (χ0) is 14.7. The predicted octanol–water partition coefficient (Wildman–Crippen LogP) is 1.65. The van der Waals surface area contributed by atoms with E-state index < -0.39 is 0 Å². The van der Waals surface area contributed by atoms with Gasteiger partial charge in [-0.1, -0.05) is 23.8 Å². The molecule has 1 fully saturated rings. The first kappa shape index (κ1) is 15.4. The molecule has 0 spiro atoms. The third kappa shape index (κ3) is 3.04. The number of methoxy groups -OCH3 is 2. The fraction of sp³-hybridized carbons (Fsp3) is 0.625. The van der Waals surface area contributed by atoms with Gasteiger partial charge in [0.2, 0.25) is 0 Å². The van der Waals surface area contributed by atoms with E-state index in [-0.39, 0.29) is 18.2 Å². The Labute approximate surface area is 121 Å². The quantitative estimate of drug-likeness (QED) is 0.889. The summed E-state index contributed by atoms with van der Waals surface area (Å²) >= 11 is 0. The molecule has 3 atom stereocenters. The van der Waals surface area contributed by atoms with Crippen molar-refractivity contribution in [2.45, 2.75) is 32.1 Å². The lowest BCUT2D eigenvalue weighted by atomic mass is 9.98. The van der Waals surface area contributed by atoms with Crippen LogP contribution in [0, 0.1) is 13.8 Å². The molecule has 4 heteroatoms. The molecule has 0 saturated carbocycles. The van der Waals surface area contributed by atoms with Crippen LogP contribution in [-0.4, -0.2) is 51.0 Å². The molecule has 20 heavy (non-hydrogen) atoms. The van der Waals surface area contributed by atoms with Crippen molar-refractivity contribution in [1.29, 1.82) is 0 Å². The Morgan fingerprint density at radius 1 is 1.20 bits per heavy atom. The van der Waals surface area contributed by atoms with Crippen LogP contribution in [0.4, 0.5) is 0 Å². The Morgan fingerprint density at radius 2 is 1.80 bits per heavy atom. The van der Waals surface area contributed by atoms with Crippen LogP contribution in [0.15, 0.2) is 18.2 Å². The molecule has 1 aromatic rings. The summed E-state index contributed by atoms with van der Waals surface area (Å²) in [6, 6.07) is 6.80. The molecule has 2 N–H and O–H groups in total. The van der Waals surface area contributed by atoms with E-state index in [0.29, 0.717) is 6.54 Å². The molecule has 2 rings (SSSR count). The lowest BCUT2D eigenvalue weighted by Crippen LogP contribution is -2.33. The first-order valence-electron chi connectivity index (χ1n) is 7.17. The van der Waals surface area contributed by atoms with Crippen LogP contribution in [0.2, 0.25) is 0 Å². The Balaban J connectivity index is 2.20. The minimum absolute atomic E-state index is 0.125. The maximum absolute atomic E-state index is 6.04. The molecule has 1 aliphatic rings. The molecule has 0 aliphatic carbocycles. The summed E-state index contributed by atoms with van der Waals surface area (Å²) in [6.45, 7) is 6.61. The van der Waals surface area contributed by atoms with Crippen molar-refractivity contribution in [3.8, 4) is 0 Å². The van der Waals surface area contributed by atoms with E-state index in [2.05, 4.69) is 36.9 Å². The third-order valence-electron chi connectivity index (χ3n) is 4.30. The second-order valence-corrected chi connectivity index (χ2v) is 5.61. The second kappa shape index (κ2) is 6.68. The zero-order valence-corrected chi connectivity index (χ0v) is 12.9. The Hall–Kier alpha value is -0.940. The van der Waals surface area contributed by atoms with Crippen molar-refractivity contribution >= 4 is 0 Å². The minimum atomic E-state index is 0.125. The Kier molecular flexibility index (Phi) is 5.16. The Bertz CT molecular complexity index is 438. The van der Waals surface area contributed by atoms with Crippen LogP contribution in [0.25, 0.3) is 0 Å². The number of nitrogens with zero attached hydrogens (tertiary/aromatic N) is 1. The molecule has 0 amide bonds. The molecular formula is C16H26N2O2. The van der Waals surface area contributed by atoms with Crippen molar-refractivity contribution in [3.63, 3.8) is 0 Å². The highest BCUT2D eigenvalue weighted by Gasteiger charge is 2.36. The number of aryl methyl sites for hydroxylation is 2. The first-order chi connectivity index (χ1) is 9.60. The van der Waals surface area contributed by atoms with Gasteiger partial charge < -0.3 is 15.2 Å². The molecule has 1 heterocycles. The molecule has 0 bridgehead atoms. The number of hydrogen-bond donors (Lipinski definition) is 1. The summed E-state index contributed by atoms with van der Waals surface area (Å²) in [7, 11) is 3.49. The van der Waals surface area contributed by atoms with Gasteiger partial charge in [0.25, 0.3) is 0 Å². The summed E-state index contributed by atoms with van der Waals surface area (Å²) in [5, 5.41) is 0. The van der Waals surface area contributed by atoms with Gasteiger partial charge in [-0.15, -0.1) is 0 Å². The van der Waals surface area contributed by atoms with E-state index >= 15 is 0 Å². The summed E-state index contributed by atoms with van der Waals surface area (Å²) in [5.41, 5.74) is 9.94. The standard InChI is InChI=1S/C16H26N2O2/c1-11-5-6-13(12(2)7-11)14(8-17)18-9-15(19-3)16(10-18)20-4/h5-7,14-16H,8-10,17H2,1-4H3. The molecule has 0 aromatic heterocycles. The van der Waals surface area contributed by atoms with Crippen molar-refractivity contribution in [3.05, 3.63) is 34.9 Å². The summed E-state index contributed by atoms with van der Waals surface area (Å²) in [6.07, 6.45) is 0.250. The number of likely N-dealkylation sites (tertiary alicyclic amines) is 1. The normalized spacial score (nSPS) is 25.1. The van der Waals surface area contributed by atoms with Gasteiger partial charge in [-0.05, 0) is 25.0 Å². The predicted molar refractivity (Wildman–Crippen MR) is 80.9 cm³/mol. The second-order valence-electron chi connectivity index (χ2n) is 5.61. The van der Waals surface area contributed by atoms with Gasteiger partial charge in [-0.25, -0.2) is 0 Å². The minimum Gasteiger partial charge on any atom is -0.377 e. The lowest BCUT2D eigenvalue weighted by Gasteiger charge is -2.28. The van der Waals surface area contributed by atoms with Gasteiger partial charge in [-0.3, -0.25) is 4.90 Å². The number of ether oxygens (including phenoxy) is 2. The van der Waals surface area contributed by atoms with Crippen LogP contribution in [0.5, 0.6) is 0 Å². The fourth-order valence-electron chi connectivity index (χ4n) is 3.15. The first-order valence-corrected chi connectivity index (χ1v) is 7.17. The third-order valence-corrected chi connectivity index (χ3v) is 4.30. The van der Waals surface area contributed by atoms with E-state index in [1.54, 1.807) is 14.2 Å². The SMILES string of the molecule is COC1CN(C(CN)c2ccc(C)cc2C)CC1OC. The molecule has 0 radical (unpaired) electrons. The van der Waals surface area contributed by atoms with Gasteiger partial charge >= 0.3 is 0 Å². The highest BCUT2D eigenvalue weighted by Crippen LogP contribution is 2.29. The van der Waals surface area contributed by atoms with E-state index in [9.17, 15) is 0 Å². The van der Waals surface area contributed by atoms with Crippen LogP contribution < -0.4 is 5.73 Å². The highest BCUT2D eigenvalue weighted by atomic mass is 16.5. The van der Waals surface area contributed by atoms with Gasteiger partial charge in [0.15, 0.2) is 0 Å². The van der Waals surface area contributed by atoms with Crippen molar-refractivity contribution in [1.82, 2.24) is 4.90 Å². The summed E-state index contributed by atoms with van der Waals surface area (Å²) in [5.74, 6) is 0. The van der Waals surface area contributed by atoms with Crippen LogP contribution in [0.1, 0.15) is 22.7 Å². The highest BCUT2D eigenvalue weighted by molar-refractivity contribution is 5.33. The van der Waals surface area contributed by atoms with Crippen LogP contribution in [0.3, 0.4) is 0 Å². The molecule has 3 unspecified atom stereocenters. The van der Waals surface area contributed by atoms with Gasteiger partial charge in [0.05, 0.1) is 12.2 Å². The molecule has 1 aromatic carbocycles. The smallest absolute Gasteiger partial charge is 0.0972 e. The van der Waals surface area contributed by atoms with Crippen LogP contribution in [-0.2, 0) is 9.47 Å². The van der Waals surface area contributed by atoms with Gasteiger partial charge in [0, 0.05) is 39.9 Å². The lowest BCUT2D eigenvalue weighted by molar-refractivity contribution is -0.00461. The average Bonchev–Trinajstić information content (AvgIpc) is 2.85. The Morgan fingerprint density at radius 3 is 2.25 bits per heavy atom. The van der Waals surface area contributed by atoms with E-state index in [0.717, 1.165) is 13.1 Å². The van der Waals surface area contributed by atoms with Crippen molar-refractivity contribution in [2.24, 2.45) is 5.73 Å². The van der Waals surface area contributed by atoms with E-state index in [4.69, 9.17) is 15.2 Å². The van der Waals surface area contributed by atoms with Gasteiger partial charge in [0.1, 0.15) is 0 Å². The number of benzene rings is 1. The number of nitrogens with two attached hydrogens (primary N) is 1. The molecule has 1 saturated heterocycles. The number of hydrogen-bond acceptors (Lipinski definition) is 4.